The number of hydrogen-bond acceptors (Lipinski definition) is 8. The van der Waals surface area contributed by atoms with Crippen molar-refractivity contribution in [2.75, 3.05) is 31.1 Å². The summed E-state index contributed by atoms with van der Waals surface area (Å²) in [6.45, 7) is 8.29. The number of benzene rings is 2. The molecule has 1 amide bonds. The van der Waals surface area contributed by atoms with Gasteiger partial charge in [-0.1, -0.05) is 32.0 Å². The average molecular weight is 533 g/mol. The highest BCUT2D eigenvalue weighted by molar-refractivity contribution is 7.79. The van der Waals surface area contributed by atoms with Gasteiger partial charge in [-0.05, 0) is 49.1 Å². The fraction of sp³-hybridized carbons (Fsp3) is 0.400. The molecular formula is C25H32N4O7S. The third-order valence-corrected chi connectivity index (χ3v) is 5.85. The van der Waals surface area contributed by atoms with E-state index in [1.807, 2.05) is 51.1 Å². The van der Waals surface area contributed by atoms with Crippen molar-refractivity contribution in [2.45, 2.75) is 33.3 Å². The van der Waals surface area contributed by atoms with E-state index >= 15 is 0 Å². The molecule has 4 rings (SSSR count). The summed E-state index contributed by atoms with van der Waals surface area (Å²) in [7, 11) is -4.67. The average Bonchev–Trinajstić information content (AvgIpc) is 2.81. The van der Waals surface area contributed by atoms with Gasteiger partial charge in [-0.2, -0.15) is 8.42 Å². The van der Waals surface area contributed by atoms with Crippen molar-refractivity contribution < 1.29 is 32.5 Å². The zero-order chi connectivity index (χ0) is 27.3. The lowest BCUT2D eigenvalue weighted by atomic mass is 10.0. The number of aliphatic hydroxyl groups is 1. The first-order valence-corrected chi connectivity index (χ1v) is 13.2. The lowest BCUT2D eigenvalue weighted by molar-refractivity contribution is -0.141. The molecule has 11 nitrogen and oxygen atoms in total. The Morgan fingerprint density at radius 3 is 2.24 bits per heavy atom. The van der Waals surface area contributed by atoms with Gasteiger partial charge >= 0.3 is 10.4 Å². The van der Waals surface area contributed by atoms with Crippen LogP contribution in [0.5, 0.6) is 5.75 Å². The summed E-state index contributed by atoms with van der Waals surface area (Å²) in [6.07, 6.45) is -0.476. The molecule has 1 unspecified atom stereocenters. The second-order valence-corrected chi connectivity index (χ2v) is 10.2. The third-order valence-electron chi connectivity index (χ3n) is 5.85. The molecule has 1 saturated heterocycles. The number of fused-ring (bicyclic) bond motifs is 1. The Bertz CT molecular complexity index is 1350. The molecule has 1 aliphatic heterocycles. The molecule has 12 heteroatoms. The number of aliphatic hydroxyl groups excluding tert-OH is 1. The monoisotopic (exact) mass is 532 g/mol. The second-order valence-electron chi connectivity index (χ2n) is 9.31. The molecule has 1 fully saturated rings. The summed E-state index contributed by atoms with van der Waals surface area (Å²) < 4.78 is 31.6. The first kappa shape index (κ1) is 28.3. The molecule has 0 saturated carbocycles. The van der Waals surface area contributed by atoms with Crippen molar-refractivity contribution in [1.82, 2.24) is 14.9 Å². The van der Waals surface area contributed by atoms with Crippen molar-refractivity contribution in [3.8, 4) is 17.1 Å². The van der Waals surface area contributed by atoms with Gasteiger partial charge in [0.15, 0.2) is 5.82 Å². The van der Waals surface area contributed by atoms with Crippen LogP contribution in [0.2, 0.25) is 0 Å². The topological polar surface area (TPSA) is 164 Å². The van der Waals surface area contributed by atoms with Crippen LogP contribution in [0.3, 0.4) is 0 Å². The number of carbonyl (C=O) groups excluding carboxylic acids is 1. The third kappa shape index (κ3) is 7.83. The van der Waals surface area contributed by atoms with Crippen molar-refractivity contribution in [3.63, 3.8) is 0 Å². The molecule has 37 heavy (non-hydrogen) atoms. The number of piperazine rings is 1. The highest BCUT2D eigenvalue weighted by atomic mass is 32.3. The minimum Gasteiger partial charge on any atom is -0.507 e. The van der Waals surface area contributed by atoms with Crippen LogP contribution >= 0.6 is 0 Å². The van der Waals surface area contributed by atoms with Gasteiger partial charge in [-0.3, -0.25) is 13.9 Å². The van der Waals surface area contributed by atoms with E-state index in [9.17, 15) is 15.0 Å². The zero-order valence-corrected chi connectivity index (χ0v) is 21.8. The first-order chi connectivity index (χ1) is 17.3. The highest BCUT2D eigenvalue weighted by Gasteiger charge is 2.28. The minimum atomic E-state index is -4.67. The molecule has 1 atom stereocenters. The Kier molecular flexibility index (Phi) is 9.02. The number of amides is 1. The van der Waals surface area contributed by atoms with E-state index in [0.29, 0.717) is 44.0 Å². The van der Waals surface area contributed by atoms with Gasteiger partial charge < -0.3 is 20.0 Å². The standard InChI is InChI=1S/C25H30N4O3.H2O4S/c1-16(2)14-22(31)25(32)29-12-10-28(11-13-29)24-18-9-8-17(3)15-20(18)26-23(27-24)19-6-4-5-7-21(19)30;1-5(2,3)4/h4-9,15-16,22,30-31H,10-14H2,1-3H3;(H2,1,2,3,4). The largest absolute Gasteiger partial charge is 0.507 e. The number of phenolic OH excluding ortho intramolecular Hbond substituents is 1. The molecule has 2 heterocycles. The SMILES string of the molecule is Cc1ccc2c(N3CCN(C(=O)C(O)CC(C)C)CC3)nc(-c3ccccc3O)nc2c1.O=S(=O)(O)O. The fourth-order valence-electron chi connectivity index (χ4n) is 4.14. The van der Waals surface area contributed by atoms with Gasteiger partial charge in [0.05, 0.1) is 11.1 Å². The number of carbonyl (C=O) groups is 1. The summed E-state index contributed by atoms with van der Waals surface area (Å²) >= 11 is 0. The number of anilines is 1. The molecule has 0 spiro atoms. The number of aryl methyl sites for hydroxylation is 1. The van der Waals surface area contributed by atoms with E-state index in [0.717, 1.165) is 22.3 Å². The Morgan fingerprint density at radius 2 is 1.65 bits per heavy atom. The maximum Gasteiger partial charge on any atom is 0.394 e. The van der Waals surface area contributed by atoms with Gasteiger partial charge in [-0.25, -0.2) is 9.97 Å². The van der Waals surface area contributed by atoms with Crippen molar-refractivity contribution in [3.05, 3.63) is 48.0 Å². The first-order valence-electron chi connectivity index (χ1n) is 11.8. The highest BCUT2D eigenvalue weighted by Crippen LogP contribution is 2.32. The summed E-state index contributed by atoms with van der Waals surface area (Å²) in [6, 6.07) is 13.1. The maximum absolute atomic E-state index is 12.6. The lowest BCUT2D eigenvalue weighted by Crippen LogP contribution is -2.52. The fourth-order valence-corrected chi connectivity index (χ4v) is 4.14. The molecule has 1 aliphatic rings. The van der Waals surface area contributed by atoms with Crippen LogP contribution in [-0.2, 0) is 15.2 Å². The molecule has 2 aromatic carbocycles. The summed E-state index contributed by atoms with van der Waals surface area (Å²) in [5.41, 5.74) is 2.50. The van der Waals surface area contributed by atoms with E-state index < -0.39 is 16.5 Å². The molecule has 1 aromatic heterocycles. The predicted octanol–water partition coefficient (Wildman–Crippen LogP) is 2.71. The second kappa shape index (κ2) is 11.8. The number of nitrogens with zero attached hydrogens (tertiary/aromatic N) is 4. The molecule has 0 bridgehead atoms. The van der Waals surface area contributed by atoms with E-state index in [1.165, 1.54) is 0 Å². The number of phenols is 1. The molecular weight excluding hydrogens is 500 g/mol. The number of para-hydroxylation sites is 1. The maximum atomic E-state index is 12.6. The Morgan fingerprint density at radius 1 is 1.03 bits per heavy atom. The summed E-state index contributed by atoms with van der Waals surface area (Å²) in [4.78, 5) is 26.1. The van der Waals surface area contributed by atoms with Crippen LogP contribution in [0, 0.1) is 12.8 Å². The quantitative estimate of drug-likeness (QED) is 0.359. The van der Waals surface area contributed by atoms with E-state index in [2.05, 4.69) is 4.90 Å². The van der Waals surface area contributed by atoms with Crippen LogP contribution in [-0.4, -0.2) is 80.8 Å². The molecule has 200 valence electrons. The van der Waals surface area contributed by atoms with Crippen molar-refractivity contribution in [1.29, 1.82) is 0 Å². The smallest absolute Gasteiger partial charge is 0.394 e. The minimum absolute atomic E-state index is 0.139. The van der Waals surface area contributed by atoms with E-state index in [4.69, 9.17) is 27.5 Å². The van der Waals surface area contributed by atoms with Crippen LogP contribution in [0.15, 0.2) is 42.5 Å². The number of hydrogen-bond donors (Lipinski definition) is 4. The Hall–Kier alpha value is -3.32. The Balaban J connectivity index is 0.000000695. The van der Waals surface area contributed by atoms with Crippen molar-refractivity contribution >= 4 is 33.0 Å². The van der Waals surface area contributed by atoms with Gasteiger partial charge in [0.2, 0.25) is 0 Å². The number of aromatic hydroxyl groups is 1. The van der Waals surface area contributed by atoms with Gasteiger partial charge in [0.25, 0.3) is 5.91 Å². The molecule has 0 radical (unpaired) electrons. The lowest BCUT2D eigenvalue weighted by Gasteiger charge is -2.37. The molecule has 4 N–H and O–H groups in total. The van der Waals surface area contributed by atoms with E-state index in [-0.39, 0.29) is 17.6 Å². The Labute approximate surface area is 216 Å². The summed E-state index contributed by atoms with van der Waals surface area (Å²) in [5, 5.41) is 21.5. The van der Waals surface area contributed by atoms with Crippen LogP contribution in [0.1, 0.15) is 25.8 Å². The molecule has 3 aromatic rings. The predicted molar refractivity (Wildman–Crippen MR) is 140 cm³/mol. The number of aromatic nitrogens is 2. The van der Waals surface area contributed by atoms with Gasteiger partial charge in [0.1, 0.15) is 17.7 Å². The molecule has 0 aliphatic carbocycles. The van der Waals surface area contributed by atoms with Crippen LogP contribution in [0.25, 0.3) is 22.3 Å². The van der Waals surface area contributed by atoms with Crippen LogP contribution in [0.4, 0.5) is 5.82 Å². The number of rotatable bonds is 5. The van der Waals surface area contributed by atoms with Gasteiger partial charge in [-0.15, -0.1) is 0 Å². The zero-order valence-electron chi connectivity index (χ0n) is 20.9. The van der Waals surface area contributed by atoms with Crippen molar-refractivity contribution in [2.24, 2.45) is 5.92 Å². The summed E-state index contributed by atoms with van der Waals surface area (Å²) in [5.74, 6) is 1.47. The van der Waals surface area contributed by atoms with E-state index in [1.54, 1.807) is 17.0 Å². The van der Waals surface area contributed by atoms with Crippen LogP contribution < -0.4 is 4.90 Å². The van der Waals surface area contributed by atoms with Gasteiger partial charge in [0, 0.05) is 31.6 Å². The normalized spacial score (nSPS) is 14.9.